The van der Waals surface area contributed by atoms with Crippen molar-refractivity contribution in [3.05, 3.63) is 40.4 Å². The molecule has 5 rings (SSSR count). The van der Waals surface area contributed by atoms with Crippen LogP contribution in [0.15, 0.2) is 24.3 Å². The van der Waals surface area contributed by atoms with Crippen LogP contribution in [0.2, 0.25) is 0 Å². The van der Waals surface area contributed by atoms with Crippen molar-refractivity contribution in [1.29, 1.82) is 0 Å². The maximum Gasteiger partial charge on any atom is 0.248 e. The number of carbonyl (C=O) groups excluding carboxylic acids is 1. The first-order chi connectivity index (χ1) is 15.4. The predicted octanol–water partition coefficient (Wildman–Crippen LogP) is 3.56. The van der Waals surface area contributed by atoms with Gasteiger partial charge in [0.2, 0.25) is 17.7 Å². The summed E-state index contributed by atoms with van der Waals surface area (Å²) in [5.41, 5.74) is 2.36. The number of tetrazole rings is 1. The Morgan fingerprint density at radius 1 is 1.34 bits per heavy atom. The number of anilines is 1. The van der Waals surface area contributed by atoms with Crippen LogP contribution in [0.4, 0.5) is 13.9 Å². The molecule has 1 fully saturated rings. The van der Waals surface area contributed by atoms with Crippen molar-refractivity contribution >= 4 is 22.4 Å². The van der Waals surface area contributed by atoms with Crippen LogP contribution in [0.1, 0.15) is 41.3 Å². The van der Waals surface area contributed by atoms with Gasteiger partial charge in [0.25, 0.3) is 0 Å². The summed E-state index contributed by atoms with van der Waals surface area (Å²) in [6.45, 7) is 1.09. The third-order valence-electron chi connectivity index (χ3n) is 5.96. The number of halogens is 2. The van der Waals surface area contributed by atoms with E-state index in [1.165, 1.54) is 16.1 Å². The minimum atomic E-state index is -2.75. The van der Waals surface area contributed by atoms with Gasteiger partial charge in [-0.3, -0.25) is 4.79 Å². The number of aryl methyl sites for hydroxylation is 1. The van der Waals surface area contributed by atoms with Crippen LogP contribution in [0.3, 0.4) is 0 Å². The van der Waals surface area contributed by atoms with Gasteiger partial charge in [-0.1, -0.05) is 35.6 Å². The van der Waals surface area contributed by atoms with E-state index in [0.717, 1.165) is 16.1 Å². The number of rotatable bonds is 5. The van der Waals surface area contributed by atoms with Gasteiger partial charge in [-0.2, -0.15) is 4.80 Å². The Labute approximate surface area is 187 Å². The van der Waals surface area contributed by atoms with Crippen molar-refractivity contribution in [2.75, 3.05) is 11.9 Å². The maximum atomic E-state index is 14.0. The molecule has 3 heterocycles. The first-order valence-corrected chi connectivity index (χ1v) is 11.3. The first-order valence-electron chi connectivity index (χ1n) is 10.5. The fourth-order valence-corrected chi connectivity index (χ4v) is 5.36. The molecule has 2 aromatic heterocycles. The molecule has 0 bridgehead atoms. The van der Waals surface area contributed by atoms with Gasteiger partial charge < -0.3 is 10.1 Å². The highest BCUT2D eigenvalue weighted by Gasteiger charge is 2.45. The fraction of sp³-hybridized carbons (Fsp3) is 0.476. The number of hydrogen-bond donors (Lipinski definition) is 1. The van der Waals surface area contributed by atoms with Crippen LogP contribution >= 0.6 is 11.3 Å². The van der Waals surface area contributed by atoms with E-state index in [9.17, 15) is 13.6 Å². The number of benzene rings is 1. The third kappa shape index (κ3) is 4.26. The SMILES string of the molecule is Cn1nnc(-c2ccc([C@H](C(=O)Nc3nc4c(s3)COCC4)[C@H]3CCC(F)(F)C3)cc2)n1. The highest BCUT2D eigenvalue weighted by molar-refractivity contribution is 7.15. The summed E-state index contributed by atoms with van der Waals surface area (Å²) in [7, 11) is 1.67. The number of nitrogens with zero attached hydrogens (tertiary/aromatic N) is 5. The van der Waals surface area contributed by atoms with Crippen LogP contribution in [0, 0.1) is 5.92 Å². The Hall–Kier alpha value is -2.79. The highest BCUT2D eigenvalue weighted by atomic mass is 32.1. The van der Waals surface area contributed by atoms with Gasteiger partial charge >= 0.3 is 0 Å². The molecule has 0 saturated heterocycles. The standard InChI is InChI=1S/C21H22F2N6O2S/c1-29-27-18(26-28-29)13-4-2-12(3-5-13)17(14-6-8-21(22,23)10-14)19(30)25-20-24-15-7-9-31-11-16(15)32-20/h2-5,14,17H,6-11H2,1H3,(H,24,25,30)/t14-,17-/m0/s1. The number of hydrogen-bond acceptors (Lipinski definition) is 7. The second kappa shape index (κ2) is 8.28. The second-order valence-corrected chi connectivity index (χ2v) is 9.33. The average Bonchev–Trinajstić information content (AvgIpc) is 3.46. The lowest BCUT2D eigenvalue weighted by molar-refractivity contribution is -0.118. The molecule has 1 aliphatic carbocycles. The first kappa shape index (κ1) is 21.1. The monoisotopic (exact) mass is 460 g/mol. The molecule has 168 valence electrons. The molecule has 1 aromatic carbocycles. The van der Waals surface area contributed by atoms with Crippen LogP contribution in [-0.4, -0.2) is 43.6 Å². The summed E-state index contributed by atoms with van der Waals surface area (Å²) in [5.74, 6) is -3.76. The van der Waals surface area contributed by atoms with Gasteiger partial charge in [0.05, 0.1) is 36.8 Å². The minimum absolute atomic E-state index is 0.202. The Morgan fingerprint density at radius 3 is 2.81 bits per heavy atom. The highest BCUT2D eigenvalue weighted by Crippen LogP contribution is 2.46. The zero-order valence-electron chi connectivity index (χ0n) is 17.4. The van der Waals surface area contributed by atoms with Gasteiger partial charge in [-0.15, -0.1) is 10.2 Å². The van der Waals surface area contributed by atoms with Crippen molar-refractivity contribution in [3.8, 4) is 11.4 Å². The molecule has 11 heteroatoms. The Balaban J connectivity index is 1.41. The van der Waals surface area contributed by atoms with Crippen LogP contribution in [0.5, 0.6) is 0 Å². The van der Waals surface area contributed by atoms with Crippen LogP contribution in [0.25, 0.3) is 11.4 Å². The zero-order valence-corrected chi connectivity index (χ0v) is 18.2. The van der Waals surface area contributed by atoms with Gasteiger partial charge in [0.15, 0.2) is 5.13 Å². The van der Waals surface area contributed by atoms with Crippen LogP contribution < -0.4 is 5.32 Å². The molecule has 1 saturated carbocycles. The number of thiazole rings is 1. The molecule has 8 nitrogen and oxygen atoms in total. The number of carbonyl (C=O) groups is 1. The molecule has 1 amide bonds. The number of nitrogens with one attached hydrogen (secondary N) is 1. The van der Waals surface area contributed by atoms with Crippen molar-refractivity contribution in [2.45, 2.75) is 44.1 Å². The van der Waals surface area contributed by atoms with Crippen molar-refractivity contribution < 1.29 is 18.3 Å². The van der Waals surface area contributed by atoms with E-state index in [1.54, 1.807) is 31.3 Å². The lowest BCUT2D eigenvalue weighted by atomic mass is 9.83. The number of alkyl halides is 2. The Bertz CT molecular complexity index is 1110. The van der Waals surface area contributed by atoms with E-state index in [2.05, 4.69) is 25.7 Å². The normalized spacial score (nSPS) is 20.7. The molecule has 2 atom stereocenters. The van der Waals surface area contributed by atoms with Gasteiger partial charge in [0, 0.05) is 24.8 Å². The molecule has 2 aliphatic rings. The quantitative estimate of drug-likeness (QED) is 0.626. The molecular weight excluding hydrogens is 438 g/mol. The van der Waals surface area contributed by atoms with E-state index in [1.807, 2.05) is 0 Å². The van der Waals surface area contributed by atoms with Gasteiger partial charge in [-0.05, 0) is 23.1 Å². The number of ether oxygens (including phenoxy) is 1. The summed E-state index contributed by atoms with van der Waals surface area (Å²) >= 11 is 1.38. The second-order valence-electron chi connectivity index (χ2n) is 8.24. The minimum Gasteiger partial charge on any atom is -0.375 e. The molecule has 32 heavy (non-hydrogen) atoms. The molecule has 1 N–H and O–H groups in total. The maximum absolute atomic E-state index is 14.0. The summed E-state index contributed by atoms with van der Waals surface area (Å²) in [4.78, 5) is 20.2. The molecule has 0 unspecified atom stereocenters. The molecule has 1 aliphatic heterocycles. The smallest absolute Gasteiger partial charge is 0.248 e. The third-order valence-corrected chi connectivity index (χ3v) is 6.94. The molecule has 0 spiro atoms. The lowest BCUT2D eigenvalue weighted by Gasteiger charge is -2.23. The summed E-state index contributed by atoms with van der Waals surface area (Å²) in [5, 5.41) is 15.4. The Kier molecular flexibility index (Phi) is 5.46. The molecular formula is C21H22F2N6O2S. The predicted molar refractivity (Wildman–Crippen MR) is 113 cm³/mol. The van der Waals surface area contributed by atoms with Crippen LogP contribution in [-0.2, 0) is 29.6 Å². The zero-order chi connectivity index (χ0) is 22.3. The molecule has 0 radical (unpaired) electrons. The van der Waals surface area contributed by atoms with Crippen molar-refractivity contribution in [3.63, 3.8) is 0 Å². The van der Waals surface area contributed by atoms with E-state index < -0.39 is 17.8 Å². The summed E-state index contributed by atoms with van der Waals surface area (Å²) in [6, 6.07) is 7.15. The summed E-state index contributed by atoms with van der Waals surface area (Å²) < 4.78 is 33.5. The largest absolute Gasteiger partial charge is 0.375 e. The lowest BCUT2D eigenvalue weighted by Crippen LogP contribution is -2.27. The molecule has 3 aromatic rings. The average molecular weight is 461 g/mol. The van der Waals surface area contributed by atoms with Gasteiger partial charge in [-0.25, -0.2) is 13.8 Å². The number of amides is 1. The van der Waals surface area contributed by atoms with Crippen molar-refractivity contribution in [1.82, 2.24) is 25.2 Å². The van der Waals surface area contributed by atoms with E-state index in [0.29, 0.717) is 42.6 Å². The fourth-order valence-electron chi connectivity index (χ4n) is 4.41. The topological polar surface area (TPSA) is 94.8 Å². The van der Waals surface area contributed by atoms with E-state index in [4.69, 9.17) is 4.74 Å². The number of fused-ring (bicyclic) bond motifs is 1. The van der Waals surface area contributed by atoms with Gasteiger partial charge in [0.1, 0.15) is 0 Å². The Morgan fingerprint density at radius 2 is 2.16 bits per heavy atom. The van der Waals surface area contributed by atoms with E-state index in [-0.39, 0.29) is 18.7 Å². The van der Waals surface area contributed by atoms with E-state index >= 15 is 0 Å². The summed E-state index contributed by atoms with van der Waals surface area (Å²) in [6.07, 6.45) is 0.491. The number of aromatic nitrogens is 5. The van der Waals surface area contributed by atoms with Crippen molar-refractivity contribution in [2.24, 2.45) is 13.0 Å².